The summed E-state index contributed by atoms with van der Waals surface area (Å²) in [5, 5.41) is 14.8. The number of nitrogens with zero attached hydrogens (tertiary/aromatic N) is 1. The van der Waals surface area contributed by atoms with Gasteiger partial charge in [0.25, 0.3) is 11.8 Å². The lowest BCUT2D eigenvalue weighted by atomic mass is 10.1. The summed E-state index contributed by atoms with van der Waals surface area (Å²) in [6.45, 7) is 5.82. The molecule has 0 aromatic heterocycles. The summed E-state index contributed by atoms with van der Waals surface area (Å²) >= 11 is 0. The Bertz CT molecular complexity index is 886. The van der Waals surface area contributed by atoms with Gasteiger partial charge >= 0.3 is 0 Å². The Hall–Kier alpha value is -3.17. The molecule has 2 aromatic carbocycles. The fraction of sp³-hybridized carbons (Fsp3) is 0.286. The van der Waals surface area contributed by atoms with Gasteiger partial charge in [0.2, 0.25) is 0 Å². The third kappa shape index (κ3) is 5.40. The first kappa shape index (κ1) is 20.1. The van der Waals surface area contributed by atoms with Crippen LogP contribution in [0.3, 0.4) is 0 Å². The smallest absolute Gasteiger partial charge is 0.282 e. The van der Waals surface area contributed by atoms with E-state index in [-0.39, 0.29) is 18.4 Å². The third-order valence-electron chi connectivity index (χ3n) is 4.54. The second kappa shape index (κ2) is 8.97. The molecule has 140 valence electrons. The normalized spacial score (nSPS) is 12.6. The molecule has 27 heavy (non-hydrogen) atoms. The van der Waals surface area contributed by atoms with Crippen LogP contribution in [0.1, 0.15) is 23.6 Å². The Morgan fingerprint density at radius 1 is 1.11 bits per heavy atom. The summed E-state index contributed by atoms with van der Waals surface area (Å²) in [6.07, 6.45) is 0. The highest BCUT2D eigenvalue weighted by Crippen LogP contribution is 2.16. The van der Waals surface area contributed by atoms with E-state index in [0.29, 0.717) is 11.3 Å². The largest absolute Gasteiger partial charge is 0.321 e. The molecule has 2 rings (SSSR count). The van der Waals surface area contributed by atoms with Crippen molar-refractivity contribution in [2.75, 3.05) is 24.2 Å². The summed E-state index contributed by atoms with van der Waals surface area (Å²) in [4.78, 5) is 25.6. The fourth-order valence-corrected chi connectivity index (χ4v) is 2.63. The number of carbonyl (C=O) groups excluding carboxylic acids is 2. The van der Waals surface area contributed by atoms with Gasteiger partial charge in [0, 0.05) is 5.69 Å². The van der Waals surface area contributed by atoms with Crippen LogP contribution in [0, 0.1) is 25.2 Å². The lowest BCUT2D eigenvalue weighted by Gasteiger charge is -2.21. The second-order valence-electron chi connectivity index (χ2n) is 6.76. The number of nitrogens with one attached hydrogen (secondary N) is 3. The van der Waals surface area contributed by atoms with Crippen LogP contribution in [0.4, 0.5) is 11.4 Å². The first-order valence-electron chi connectivity index (χ1n) is 8.81. The molecule has 2 atom stereocenters. The minimum Gasteiger partial charge on any atom is -0.321 e. The highest BCUT2D eigenvalue weighted by atomic mass is 16.2. The standard InChI is InChI=1S/C21H24N4O2/c1-14-9-10-15(2)19(11-14)23-20(26)13-25(4)16(3)21(27)24-18-8-6-5-7-17(18)12-22/h5-11,16H,13H2,1-4H3,(H,23,26)(H,24,27)/p+1/t16-/m1/s1. The van der Waals surface area contributed by atoms with E-state index in [1.165, 1.54) is 0 Å². The molecule has 6 heteroatoms. The number of anilines is 2. The minimum absolute atomic E-state index is 0.154. The summed E-state index contributed by atoms with van der Waals surface area (Å²) < 4.78 is 0. The highest BCUT2D eigenvalue weighted by molar-refractivity contribution is 5.95. The van der Waals surface area contributed by atoms with Gasteiger partial charge in [0.05, 0.1) is 18.3 Å². The molecular weight excluding hydrogens is 340 g/mol. The van der Waals surface area contributed by atoms with Crippen molar-refractivity contribution in [1.29, 1.82) is 5.26 Å². The molecule has 0 radical (unpaired) electrons. The molecule has 0 aliphatic heterocycles. The number of para-hydroxylation sites is 1. The molecule has 0 spiro atoms. The van der Waals surface area contributed by atoms with Crippen LogP contribution in [-0.4, -0.2) is 31.4 Å². The average Bonchev–Trinajstić information content (AvgIpc) is 2.64. The molecule has 3 N–H and O–H groups in total. The van der Waals surface area contributed by atoms with Crippen molar-refractivity contribution in [1.82, 2.24) is 0 Å². The van der Waals surface area contributed by atoms with Gasteiger partial charge in [-0.1, -0.05) is 24.3 Å². The maximum Gasteiger partial charge on any atom is 0.282 e. The SMILES string of the molecule is Cc1ccc(C)c(NC(=O)C[NH+](C)[C@H](C)C(=O)Nc2ccccc2C#N)c1. The minimum atomic E-state index is -0.457. The molecule has 2 amide bonds. The molecule has 0 bridgehead atoms. The number of benzene rings is 2. The molecule has 1 unspecified atom stereocenters. The Kier molecular flexibility index (Phi) is 6.69. The van der Waals surface area contributed by atoms with Crippen LogP contribution in [-0.2, 0) is 9.59 Å². The van der Waals surface area contributed by atoms with E-state index >= 15 is 0 Å². The van der Waals surface area contributed by atoms with Crippen molar-refractivity contribution >= 4 is 23.2 Å². The van der Waals surface area contributed by atoms with Crippen LogP contribution < -0.4 is 15.5 Å². The van der Waals surface area contributed by atoms with Crippen LogP contribution in [0.2, 0.25) is 0 Å². The molecule has 6 nitrogen and oxygen atoms in total. The van der Waals surface area contributed by atoms with Crippen molar-refractivity contribution in [3.63, 3.8) is 0 Å². The zero-order valence-corrected chi connectivity index (χ0v) is 16.1. The number of aryl methyl sites for hydroxylation is 2. The topological polar surface area (TPSA) is 86.4 Å². The molecule has 0 heterocycles. The van der Waals surface area contributed by atoms with Gasteiger partial charge in [-0.3, -0.25) is 9.59 Å². The van der Waals surface area contributed by atoms with E-state index in [1.54, 1.807) is 38.2 Å². The maximum absolute atomic E-state index is 12.5. The molecular formula is C21H25N4O2+. The predicted molar refractivity (Wildman–Crippen MR) is 106 cm³/mol. The fourth-order valence-electron chi connectivity index (χ4n) is 2.63. The number of amides is 2. The molecule has 0 saturated carbocycles. The highest BCUT2D eigenvalue weighted by Gasteiger charge is 2.24. The predicted octanol–water partition coefficient (Wildman–Crippen LogP) is 1.66. The van der Waals surface area contributed by atoms with E-state index in [4.69, 9.17) is 5.26 Å². The van der Waals surface area contributed by atoms with Crippen LogP contribution in [0.25, 0.3) is 0 Å². The number of quaternary nitrogens is 1. The Morgan fingerprint density at radius 2 is 1.81 bits per heavy atom. The second-order valence-corrected chi connectivity index (χ2v) is 6.76. The van der Waals surface area contributed by atoms with Crippen molar-refractivity contribution in [2.45, 2.75) is 26.8 Å². The quantitative estimate of drug-likeness (QED) is 0.728. The van der Waals surface area contributed by atoms with Gasteiger partial charge in [0.1, 0.15) is 6.07 Å². The Labute approximate surface area is 159 Å². The summed E-state index contributed by atoms with van der Waals surface area (Å²) in [6, 6.07) is 14.3. The molecule has 0 aliphatic rings. The lowest BCUT2D eigenvalue weighted by Crippen LogP contribution is -3.14. The van der Waals surface area contributed by atoms with Crippen LogP contribution in [0.15, 0.2) is 42.5 Å². The number of hydrogen-bond acceptors (Lipinski definition) is 3. The maximum atomic E-state index is 12.5. The van der Waals surface area contributed by atoms with Gasteiger partial charge in [0.15, 0.2) is 12.6 Å². The zero-order chi connectivity index (χ0) is 20.0. The van der Waals surface area contributed by atoms with E-state index < -0.39 is 6.04 Å². The van der Waals surface area contributed by atoms with Gasteiger partial charge < -0.3 is 15.5 Å². The van der Waals surface area contributed by atoms with Gasteiger partial charge in [-0.05, 0) is 50.1 Å². The van der Waals surface area contributed by atoms with E-state index in [9.17, 15) is 9.59 Å². The first-order chi connectivity index (χ1) is 12.8. The van der Waals surface area contributed by atoms with E-state index in [1.807, 2.05) is 32.0 Å². The number of likely N-dealkylation sites (N-methyl/N-ethyl adjacent to an activating group) is 1. The third-order valence-corrected chi connectivity index (χ3v) is 4.54. The van der Waals surface area contributed by atoms with Gasteiger partial charge in [-0.2, -0.15) is 5.26 Å². The molecule has 0 aliphatic carbocycles. The first-order valence-corrected chi connectivity index (χ1v) is 8.81. The van der Waals surface area contributed by atoms with Crippen molar-refractivity contribution in [2.24, 2.45) is 0 Å². The van der Waals surface area contributed by atoms with Crippen molar-refractivity contribution in [3.05, 3.63) is 59.2 Å². The molecule has 0 fully saturated rings. The number of hydrogen-bond donors (Lipinski definition) is 3. The molecule has 0 saturated heterocycles. The Balaban J connectivity index is 1.97. The molecule has 2 aromatic rings. The lowest BCUT2D eigenvalue weighted by molar-refractivity contribution is -0.885. The average molecular weight is 365 g/mol. The Morgan fingerprint density at radius 3 is 2.52 bits per heavy atom. The summed E-state index contributed by atoms with van der Waals surface area (Å²) in [5.74, 6) is -0.395. The monoisotopic (exact) mass is 365 g/mol. The number of carbonyl (C=O) groups is 2. The summed E-state index contributed by atoms with van der Waals surface area (Å²) in [5.41, 5.74) is 3.73. The van der Waals surface area contributed by atoms with Crippen molar-refractivity contribution in [3.8, 4) is 6.07 Å². The van der Waals surface area contributed by atoms with Gasteiger partial charge in [-0.15, -0.1) is 0 Å². The van der Waals surface area contributed by atoms with Crippen LogP contribution >= 0.6 is 0 Å². The zero-order valence-electron chi connectivity index (χ0n) is 16.1. The number of nitriles is 1. The van der Waals surface area contributed by atoms with E-state index in [2.05, 4.69) is 16.7 Å². The van der Waals surface area contributed by atoms with Crippen molar-refractivity contribution < 1.29 is 14.5 Å². The summed E-state index contributed by atoms with van der Waals surface area (Å²) in [7, 11) is 1.79. The van der Waals surface area contributed by atoms with Crippen LogP contribution in [0.5, 0.6) is 0 Å². The van der Waals surface area contributed by atoms with E-state index in [0.717, 1.165) is 21.7 Å². The number of rotatable bonds is 6. The van der Waals surface area contributed by atoms with Gasteiger partial charge in [-0.25, -0.2) is 0 Å².